The number of fused-ring (bicyclic) bond motifs is 2. The van der Waals surface area contributed by atoms with Crippen LogP contribution < -0.4 is 5.32 Å². The summed E-state index contributed by atoms with van der Waals surface area (Å²) in [5, 5.41) is 12.8. The zero-order chi connectivity index (χ0) is 14.8. The van der Waals surface area contributed by atoms with Gasteiger partial charge < -0.3 is 9.84 Å². The van der Waals surface area contributed by atoms with Gasteiger partial charge >= 0.3 is 6.09 Å². The minimum atomic E-state index is -0.472. The van der Waals surface area contributed by atoms with Crippen LogP contribution in [0.3, 0.4) is 0 Å². The fourth-order valence-corrected chi connectivity index (χ4v) is 3.53. The second kappa shape index (κ2) is 6.08. The molecule has 0 heterocycles. The minimum absolute atomic E-state index is 0.151. The van der Waals surface area contributed by atoms with E-state index in [4.69, 9.17) is 16.3 Å². The number of carbonyl (C=O) groups excluding carboxylic acids is 1. The number of amides is 1. The average Bonchev–Trinajstić information content (AvgIpc) is 3.08. The van der Waals surface area contributed by atoms with Gasteiger partial charge in [-0.3, -0.25) is 5.32 Å². The van der Waals surface area contributed by atoms with Crippen LogP contribution in [0.4, 0.5) is 10.5 Å². The highest BCUT2D eigenvalue weighted by Crippen LogP contribution is 2.47. The third-order valence-electron chi connectivity index (χ3n) is 4.51. The van der Waals surface area contributed by atoms with Gasteiger partial charge in [-0.1, -0.05) is 23.8 Å². The van der Waals surface area contributed by atoms with Crippen molar-refractivity contribution in [3.8, 4) is 0 Å². The Kier molecular flexibility index (Phi) is 4.17. The van der Waals surface area contributed by atoms with Gasteiger partial charge in [-0.25, -0.2) is 4.79 Å². The summed E-state index contributed by atoms with van der Waals surface area (Å²) >= 11 is 5.79. The average molecular weight is 308 g/mol. The number of halogens is 1. The summed E-state index contributed by atoms with van der Waals surface area (Å²) in [5.41, 5.74) is 0.649. The van der Waals surface area contributed by atoms with Crippen molar-refractivity contribution in [1.29, 1.82) is 0 Å². The summed E-state index contributed by atoms with van der Waals surface area (Å²) < 4.78 is 5.32. The Bertz CT molecular complexity index is 543. The lowest BCUT2D eigenvalue weighted by Crippen LogP contribution is -2.29. The van der Waals surface area contributed by atoms with Crippen molar-refractivity contribution in [2.45, 2.75) is 6.42 Å². The lowest BCUT2D eigenvalue weighted by atomic mass is 9.84. The molecule has 2 N–H and O–H groups in total. The summed E-state index contributed by atoms with van der Waals surface area (Å²) in [5.74, 6) is 1.30. The normalized spacial score (nSPS) is 29.6. The highest BCUT2D eigenvalue weighted by Gasteiger charge is 2.44. The molecule has 1 amide bonds. The van der Waals surface area contributed by atoms with Crippen LogP contribution in [0.25, 0.3) is 0 Å². The molecule has 1 aromatic carbocycles. The molecular weight excluding hydrogens is 290 g/mol. The highest BCUT2D eigenvalue weighted by atomic mass is 35.5. The van der Waals surface area contributed by atoms with Gasteiger partial charge in [-0.2, -0.15) is 0 Å². The summed E-state index contributed by atoms with van der Waals surface area (Å²) in [7, 11) is 0. The molecule has 5 heteroatoms. The Morgan fingerprint density at radius 1 is 1.24 bits per heavy atom. The summed E-state index contributed by atoms with van der Waals surface area (Å²) in [4.78, 5) is 11.8. The summed E-state index contributed by atoms with van der Waals surface area (Å²) in [6, 6.07) is 6.86. The summed E-state index contributed by atoms with van der Waals surface area (Å²) in [6.45, 7) is 0.495. The minimum Gasteiger partial charge on any atom is -0.449 e. The van der Waals surface area contributed by atoms with E-state index in [-0.39, 0.29) is 18.4 Å². The standard InChI is InChI=1S/C16H18ClNO3/c17-12-3-5-13(6-4-12)18-16(20)21-9-15-11-2-1-10(7-11)14(15)8-19/h1-6,10-11,14-15,19H,7-9H2,(H,18,20)/t10-,11-,14-,15-/m0/s1. The number of anilines is 1. The number of carbonyl (C=O) groups is 1. The van der Waals surface area contributed by atoms with Crippen LogP contribution in [0.1, 0.15) is 6.42 Å². The maximum Gasteiger partial charge on any atom is 0.411 e. The maximum atomic E-state index is 11.8. The van der Waals surface area contributed by atoms with Crippen molar-refractivity contribution in [2.75, 3.05) is 18.5 Å². The van der Waals surface area contributed by atoms with Crippen molar-refractivity contribution >= 4 is 23.4 Å². The number of hydrogen-bond donors (Lipinski definition) is 2. The third kappa shape index (κ3) is 3.06. The first-order valence-corrected chi connectivity index (χ1v) is 7.53. The van der Waals surface area contributed by atoms with Crippen LogP contribution in [0.2, 0.25) is 5.02 Å². The van der Waals surface area contributed by atoms with E-state index in [2.05, 4.69) is 17.5 Å². The quantitative estimate of drug-likeness (QED) is 0.839. The Hall–Kier alpha value is -1.52. The van der Waals surface area contributed by atoms with Gasteiger partial charge in [0.15, 0.2) is 0 Å². The molecule has 0 saturated heterocycles. The molecule has 3 rings (SSSR count). The third-order valence-corrected chi connectivity index (χ3v) is 4.76. The predicted molar refractivity (Wildman–Crippen MR) is 81.2 cm³/mol. The van der Waals surface area contributed by atoms with E-state index in [1.54, 1.807) is 24.3 Å². The van der Waals surface area contributed by atoms with E-state index in [1.807, 2.05) is 0 Å². The molecule has 0 aromatic heterocycles. The monoisotopic (exact) mass is 307 g/mol. The van der Waals surface area contributed by atoms with E-state index in [1.165, 1.54) is 0 Å². The van der Waals surface area contributed by atoms with Crippen molar-refractivity contribution in [3.05, 3.63) is 41.4 Å². The van der Waals surface area contributed by atoms with Gasteiger partial charge in [0.2, 0.25) is 0 Å². The topological polar surface area (TPSA) is 58.6 Å². The molecule has 4 atom stereocenters. The number of aliphatic hydroxyl groups excluding tert-OH is 1. The van der Waals surface area contributed by atoms with Crippen molar-refractivity contribution in [1.82, 2.24) is 0 Å². The van der Waals surface area contributed by atoms with Gasteiger partial charge in [-0.15, -0.1) is 0 Å². The molecule has 0 spiro atoms. The Labute approximate surface area is 128 Å². The van der Waals surface area contributed by atoms with E-state index >= 15 is 0 Å². The van der Waals surface area contributed by atoms with Crippen LogP contribution in [-0.4, -0.2) is 24.4 Å². The van der Waals surface area contributed by atoms with Crippen molar-refractivity contribution in [2.24, 2.45) is 23.7 Å². The van der Waals surface area contributed by atoms with E-state index < -0.39 is 6.09 Å². The van der Waals surface area contributed by atoms with Crippen LogP contribution in [0, 0.1) is 23.7 Å². The van der Waals surface area contributed by atoms with Gasteiger partial charge in [0.05, 0.1) is 6.61 Å². The van der Waals surface area contributed by atoms with Gasteiger partial charge in [0.1, 0.15) is 0 Å². The van der Waals surface area contributed by atoms with Crippen LogP contribution in [0.15, 0.2) is 36.4 Å². The molecular formula is C16H18ClNO3. The Balaban J connectivity index is 1.52. The molecule has 1 fully saturated rings. The first-order valence-electron chi connectivity index (χ1n) is 7.16. The molecule has 1 aromatic rings. The second-order valence-corrected chi connectivity index (χ2v) is 6.13. The molecule has 0 aliphatic heterocycles. The van der Waals surface area contributed by atoms with E-state index in [0.29, 0.717) is 29.2 Å². The SMILES string of the molecule is O=C(Nc1ccc(Cl)cc1)OC[C@@H]1[C@@H](CO)[C@H]2C=C[C@H]1C2. The number of ether oxygens (including phenoxy) is 1. The molecule has 2 aliphatic rings. The number of aliphatic hydroxyl groups is 1. The molecule has 21 heavy (non-hydrogen) atoms. The maximum absolute atomic E-state index is 11.8. The molecule has 4 nitrogen and oxygen atoms in total. The van der Waals surface area contributed by atoms with Gasteiger partial charge in [-0.05, 0) is 48.4 Å². The fraction of sp³-hybridized carbons (Fsp3) is 0.438. The second-order valence-electron chi connectivity index (χ2n) is 5.69. The number of rotatable bonds is 4. The number of nitrogens with one attached hydrogen (secondary N) is 1. The van der Waals surface area contributed by atoms with Crippen LogP contribution >= 0.6 is 11.6 Å². The molecule has 112 valence electrons. The van der Waals surface area contributed by atoms with Gasteiger partial charge in [0.25, 0.3) is 0 Å². The largest absolute Gasteiger partial charge is 0.449 e. The predicted octanol–water partition coefficient (Wildman–Crippen LogP) is 3.32. The van der Waals surface area contributed by atoms with Crippen LogP contribution in [-0.2, 0) is 4.74 Å². The lowest BCUT2D eigenvalue weighted by Gasteiger charge is -2.25. The van der Waals surface area contributed by atoms with Gasteiger partial charge in [0, 0.05) is 23.2 Å². The van der Waals surface area contributed by atoms with E-state index in [9.17, 15) is 9.90 Å². The Morgan fingerprint density at radius 2 is 1.90 bits per heavy atom. The zero-order valence-electron chi connectivity index (χ0n) is 11.5. The highest BCUT2D eigenvalue weighted by molar-refractivity contribution is 6.30. The van der Waals surface area contributed by atoms with E-state index in [0.717, 1.165) is 6.42 Å². The lowest BCUT2D eigenvalue weighted by molar-refractivity contribution is 0.0911. The molecule has 2 bridgehead atoms. The van der Waals surface area contributed by atoms with Crippen molar-refractivity contribution < 1.29 is 14.6 Å². The first kappa shape index (κ1) is 14.4. The van der Waals surface area contributed by atoms with Crippen molar-refractivity contribution in [3.63, 3.8) is 0 Å². The number of hydrogen-bond acceptors (Lipinski definition) is 3. The smallest absolute Gasteiger partial charge is 0.411 e. The molecule has 0 radical (unpaired) electrons. The molecule has 0 unspecified atom stereocenters. The number of allylic oxidation sites excluding steroid dienone is 2. The summed E-state index contributed by atoms with van der Waals surface area (Å²) in [6.07, 6.45) is 4.95. The molecule has 2 aliphatic carbocycles. The van der Waals surface area contributed by atoms with Crippen LogP contribution in [0.5, 0.6) is 0 Å². The zero-order valence-corrected chi connectivity index (χ0v) is 12.3. The molecule has 1 saturated carbocycles. The number of benzene rings is 1. The fourth-order valence-electron chi connectivity index (χ4n) is 3.40. The first-order chi connectivity index (χ1) is 10.2. The Morgan fingerprint density at radius 3 is 2.57 bits per heavy atom.